The molecule has 0 fully saturated rings. The van der Waals surface area contributed by atoms with Gasteiger partial charge in [-0.1, -0.05) is 0 Å². The number of rotatable bonds is 5. The molecule has 22 heavy (non-hydrogen) atoms. The summed E-state index contributed by atoms with van der Waals surface area (Å²) in [5.41, 5.74) is 1.90. The van der Waals surface area contributed by atoms with Gasteiger partial charge in [0.2, 0.25) is 0 Å². The van der Waals surface area contributed by atoms with Gasteiger partial charge in [-0.05, 0) is 57.3 Å². The number of methoxy groups -OCH3 is 4. The molecule has 0 radical (unpaired) electrons. The van der Waals surface area contributed by atoms with Crippen LogP contribution < -0.4 is 18.9 Å². The number of hydrogen-bond acceptors (Lipinski definition) is 4. The first-order valence-electron chi connectivity index (χ1n) is 6.39. The lowest BCUT2D eigenvalue weighted by molar-refractivity contribution is 0.389. The van der Waals surface area contributed by atoms with Gasteiger partial charge in [-0.15, -0.1) is 0 Å². The van der Waals surface area contributed by atoms with E-state index in [9.17, 15) is 0 Å². The average Bonchev–Trinajstić information content (AvgIpc) is 2.54. The first kappa shape index (κ1) is 17.5. The highest BCUT2D eigenvalue weighted by molar-refractivity contribution is 14.1. The van der Waals surface area contributed by atoms with Crippen LogP contribution in [0.3, 0.4) is 0 Å². The van der Waals surface area contributed by atoms with E-state index in [4.69, 9.17) is 18.9 Å². The summed E-state index contributed by atoms with van der Waals surface area (Å²) in [6.07, 6.45) is 0. The second-order valence-corrected chi connectivity index (χ2v) is 6.70. The Balaban J connectivity index is 2.70. The van der Waals surface area contributed by atoms with Gasteiger partial charge in [-0.3, -0.25) is 0 Å². The van der Waals surface area contributed by atoms with Gasteiger partial charge in [0, 0.05) is 23.3 Å². The fraction of sp³-hybridized carbons (Fsp3) is 0.250. The number of benzene rings is 2. The van der Waals surface area contributed by atoms with E-state index in [0.717, 1.165) is 41.3 Å². The zero-order valence-electron chi connectivity index (χ0n) is 12.7. The standard InChI is InChI=1S/C16H16I2O4/c1-19-13-7-15(21-3)11(17)5-9(13)10-6-12(18)16(22-4)8-14(10)20-2/h5-8H,1-4H3. The highest BCUT2D eigenvalue weighted by Gasteiger charge is 2.17. The number of halogens is 2. The second kappa shape index (κ2) is 7.58. The molecule has 118 valence electrons. The fourth-order valence-electron chi connectivity index (χ4n) is 2.14. The van der Waals surface area contributed by atoms with Gasteiger partial charge in [0.1, 0.15) is 23.0 Å². The van der Waals surface area contributed by atoms with E-state index in [0.29, 0.717) is 0 Å². The Bertz CT molecular complexity index is 627. The molecular formula is C16H16I2O4. The summed E-state index contributed by atoms with van der Waals surface area (Å²) in [6, 6.07) is 7.82. The van der Waals surface area contributed by atoms with Crippen molar-refractivity contribution >= 4 is 45.2 Å². The average molecular weight is 526 g/mol. The Morgan fingerprint density at radius 2 is 0.864 bits per heavy atom. The van der Waals surface area contributed by atoms with Crippen molar-refractivity contribution in [2.24, 2.45) is 0 Å². The lowest BCUT2D eigenvalue weighted by atomic mass is 10.0. The van der Waals surface area contributed by atoms with Crippen molar-refractivity contribution in [2.75, 3.05) is 28.4 Å². The normalized spacial score (nSPS) is 10.3. The monoisotopic (exact) mass is 526 g/mol. The van der Waals surface area contributed by atoms with E-state index in [1.54, 1.807) is 28.4 Å². The molecule has 0 aliphatic carbocycles. The summed E-state index contributed by atoms with van der Waals surface area (Å²) in [4.78, 5) is 0. The first-order chi connectivity index (χ1) is 10.5. The van der Waals surface area contributed by atoms with E-state index >= 15 is 0 Å². The maximum atomic E-state index is 5.52. The van der Waals surface area contributed by atoms with Crippen molar-refractivity contribution in [3.63, 3.8) is 0 Å². The number of ether oxygens (including phenoxy) is 4. The van der Waals surface area contributed by atoms with Gasteiger partial charge in [-0.25, -0.2) is 0 Å². The summed E-state index contributed by atoms with van der Waals surface area (Å²) in [5.74, 6) is 3.03. The molecule has 0 unspecified atom stereocenters. The van der Waals surface area contributed by atoms with Crippen LogP contribution in [-0.2, 0) is 0 Å². The van der Waals surface area contributed by atoms with Gasteiger partial charge < -0.3 is 18.9 Å². The minimum Gasteiger partial charge on any atom is -0.496 e. The zero-order valence-corrected chi connectivity index (χ0v) is 17.0. The number of hydrogen-bond donors (Lipinski definition) is 0. The summed E-state index contributed by atoms with van der Waals surface area (Å²) in [7, 11) is 6.58. The molecule has 0 saturated carbocycles. The SMILES string of the molecule is COc1cc(OC)c(-c2cc(I)c(OC)cc2OC)cc1I. The smallest absolute Gasteiger partial charge is 0.135 e. The molecule has 6 heteroatoms. The molecule has 0 heterocycles. The molecule has 0 atom stereocenters. The Labute approximate surface area is 157 Å². The maximum absolute atomic E-state index is 5.52. The van der Waals surface area contributed by atoms with E-state index in [-0.39, 0.29) is 0 Å². The van der Waals surface area contributed by atoms with E-state index in [1.165, 1.54) is 0 Å². The van der Waals surface area contributed by atoms with Crippen LogP contribution in [-0.4, -0.2) is 28.4 Å². The van der Waals surface area contributed by atoms with E-state index in [2.05, 4.69) is 45.2 Å². The molecule has 0 saturated heterocycles. The molecular weight excluding hydrogens is 510 g/mol. The molecule has 0 aliphatic rings. The van der Waals surface area contributed by atoms with Gasteiger partial charge >= 0.3 is 0 Å². The third-order valence-electron chi connectivity index (χ3n) is 3.24. The predicted molar refractivity (Wildman–Crippen MR) is 104 cm³/mol. The van der Waals surface area contributed by atoms with Crippen LogP contribution in [0.2, 0.25) is 0 Å². The van der Waals surface area contributed by atoms with Crippen molar-refractivity contribution in [2.45, 2.75) is 0 Å². The third-order valence-corrected chi connectivity index (χ3v) is 4.92. The maximum Gasteiger partial charge on any atom is 0.135 e. The minimum absolute atomic E-state index is 0.733. The Kier molecular flexibility index (Phi) is 6.01. The van der Waals surface area contributed by atoms with Crippen molar-refractivity contribution in [3.8, 4) is 34.1 Å². The van der Waals surface area contributed by atoms with Gasteiger partial charge in [-0.2, -0.15) is 0 Å². The Morgan fingerprint density at radius 3 is 1.14 bits per heavy atom. The van der Waals surface area contributed by atoms with E-state index < -0.39 is 0 Å². The van der Waals surface area contributed by atoms with E-state index in [1.807, 2.05) is 24.3 Å². The summed E-state index contributed by atoms with van der Waals surface area (Å²) in [5, 5.41) is 0. The van der Waals surface area contributed by atoms with Crippen molar-refractivity contribution in [3.05, 3.63) is 31.4 Å². The summed E-state index contributed by atoms with van der Waals surface area (Å²) in [6.45, 7) is 0. The lowest BCUT2D eigenvalue weighted by Gasteiger charge is -2.16. The highest BCUT2D eigenvalue weighted by Crippen LogP contribution is 2.43. The zero-order chi connectivity index (χ0) is 16.3. The van der Waals surface area contributed by atoms with Crippen molar-refractivity contribution in [1.82, 2.24) is 0 Å². The van der Waals surface area contributed by atoms with Crippen molar-refractivity contribution in [1.29, 1.82) is 0 Å². The topological polar surface area (TPSA) is 36.9 Å². The lowest BCUT2D eigenvalue weighted by Crippen LogP contribution is -1.97. The van der Waals surface area contributed by atoms with Crippen molar-refractivity contribution < 1.29 is 18.9 Å². The molecule has 2 rings (SSSR count). The quantitative estimate of drug-likeness (QED) is 0.535. The predicted octanol–water partition coefficient (Wildman–Crippen LogP) is 4.60. The van der Waals surface area contributed by atoms with Gasteiger partial charge in [0.25, 0.3) is 0 Å². The Hall–Kier alpha value is -0.900. The van der Waals surface area contributed by atoms with Crippen LogP contribution in [0, 0.1) is 7.14 Å². The largest absolute Gasteiger partial charge is 0.496 e. The molecule has 2 aromatic carbocycles. The molecule has 4 nitrogen and oxygen atoms in total. The van der Waals surface area contributed by atoms with Crippen LogP contribution in [0.1, 0.15) is 0 Å². The van der Waals surface area contributed by atoms with Crippen LogP contribution in [0.25, 0.3) is 11.1 Å². The molecule has 2 aromatic rings. The van der Waals surface area contributed by atoms with Crippen LogP contribution >= 0.6 is 45.2 Å². The summed E-state index contributed by atoms with van der Waals surface area (Å²) >= 11 is 4.49. The molecule has 0 spiro atoms. The first-order valence-corrected chi connectivity index (χ1v) is 8.54. The third kappa shape index (κ3) is 3.37. The summed E-state index contributed by atoms with van der Waals surface area (Å²) < 4.78 is 23.8. The molecule has 0 bridgehead atoms. The molecule has 0 N–H and O–H groups in total. The van der Waals surface area contributed by atoms with Crippen LogP contribution in [0.4, 0.5) is 0 Å². The minimum atomic E-state index is 0.733. The molecule has 0 aliphatic heterocycles. The molecule has 0 aromatic heterocycles. The van der Waals surface area contributed by atoms with Gasteiger partial charge in [0.15, 0.2) is 0 Å². The van der Waals surface area contributed by atoms with Crippen LogP contribution in [0.15, 0.2) is 24.3 Å². The fourth-order valence-corrected chi connectivity index (χ4v) is 3.52. The molecule has 0 amide bonds. The van der Waals surface area contributed by atoms with Gasteiger partial charge in [0.05, 0.1) is 35.6 Å². The second-order valence-electron chi connectivity index (χ2n) is 4.37. The Morgan fingerprint density at radius 1 is 0.545 bits per heavy atom. The highest BCUT2D eigenvalue weighted by atomic mass is 127. The van der Waals surface area contributed by atoms with Crippen LogP contribution in [0.5, 0.6) is 23.0 Å².